The average Bonchev–Trinajstić information content (AvgIpc) is 4.03. The predicted octanol–water partition coefficient (Wildman–Crippen LogP) is 11.3. The topological polar surface area (TPSA) is 66.4 Å². The Kier molecular flexibility index (Phi) is 6.92. The molecule has 304 valence electrons. The molecule has 0 N–H and O–H groups in total. The minimum atomic E-state index is -5.84. The fourth-order valence-electron chi connectivity index (χ4n) is 20.4. The smallest absolute Gasteiger partial charge is 0.205 e. The van der Waals surface area contributed by atoms with Gasteiger partial charge in [-0.3, -0.25) is 0 Å². The predicted molar refractivity (Wildman–Crippen MR) is 201 cm³/mol. The Labute approximate surface area is 333 Å². The monoisotopic (exact) mass is 801 g/mol. The lowest BCUT2D eigenvalue weighted by Crippen LogP contribution is -2.33. The van der Waals surface area contributed by atoms with Crippen molar-refractivity contribution in [3.8, 4) is 11.5 Å². The van der Waals surface area contributed by atoms with Crippen LogP contribution in [0.25, 0.3) is 0 Å². The van der Waals surface area contributed by atoms with Crippen molar-refractivity contribution in [3.63, 3.8) is 0 Å². The third-order valence-electron chi connectivity index (χ3n) is 21.2. The molecule has 0 aromatic heterocycles. The number of hydrogen-bond acceptors (Lipinski definition) is 4. The molecule has 2 aromatic carbocycles. The molecule has 21 atom stereocenters. The fourth-order valence-corrected chi connectivity index (χ4v) is 21.0. The third kappa shape index (κ3) is 4.33. The Hall–Kier alpha value is -2.13. The van der Waals surface area contributed by atoms with Gasteiger partial charge in [0.1, 0.15) is 20.8 Å². The van der Waals surface area contributed by atoms with E-state index < -0.39 is 44.0 Å². The first-order chi connectivity index (χ1) is 27.5. The highest BCUT2D eigenvalue weighted by Crippen LogP contribution is 2.75. The van der Waals surface area contributed by atoms with Gasteiger partial charge in [-0.2, -0.15) is 8.78 Å². The highest BCUT2D eigenvalue weighted by Gasteiger charge is 2.66. The molecule has 0 radical (unpaired) electrons. The Morgan fingerprint density at radius 2 is 0.825 bits per heavy atom. The molecule has 0 heterocycles. The van der Waals surface area contributed by atoms with E-state index in [0.29, 0.717) is 53.1 Å². The van der Waals surface area contributed by atoms with Crippen LogP contribution in [0, 0.1) is 130 Å². The number of ether oxygens (including phenoxy) is 1. The standard InChI is InChI=1S/C48H54F4O4S/c49-42-44(51)48(57(53,54)55)45(52)43(50)47(42)56-46-34(29-13-26-16-32(29)40-22-5-2-19(8-22)37(26)40)10-24(28-12-25-15-31(28)39-21-4-1-18(7-21)36(25)39)11-35(46)30-14-27-17-33(30)41-23-6-3-20(9-23)38(27)41/h10-11,18-23,25-33,36-41H,1-9,12-17H2,(H,53,54,55)/p-1. The molecule has 0 saturated heterocycles. The second-order valence-electron chi connectivity index (χ2n) is 22.5. The van der Waals surface area contributed by atoms with Gasteiger partial charge in [-0.1, -0.05) is 12.1 Å². The Bertz CT molecular complexity index is 2140. The summed E-state index contributed by atoms with van der Waals surface area (Å²) in [6.45, 7) is 0. The molecule has 0 aliphatic heterocycles. The molecule has 12 saturated carbocycles. The van der Waals surface area contributed by atoms with Crippen molar-refractivity contribution in [2.24, 2.45) is 107 Å². The maximum Gasteiger partial charge on any atom is 0.205 e. The van der Waals surface area contributed by atoms with Crippen LogP contribution < -0.4 is 4.74 Å². The van der Waals surface area contributed by atoms with E-state index in [4.69, 9.17) is 4.74 Å². The summed E-state index contributed by atoms with van der Waals surface area (Å²) < 4.78 is 105. The molecule has 57 heavy (non-hydrogen) atoms. The molecule has 21 unspecified atom stereocenters. The van der Waals surface area contributed by atoms with Gasteiger partial charge < -0.3 is 9.29 Å². The lowest BCUT2D eigenvalue weighted by atomic mass is 9.63. The van der Waals surface area contributed by atoms with Crippen LogP contribution in [-0.2, 0) is 10.1 Å². The number of rotatable bonds is 6. The quantitative estimate of drug-likeness (QED) is 0.126. The number of hydrogen-bond donors (Lipinski definition) is 0. The molecule has 12 bridgehead atoms. The highest BCUT2D eigenvalue weighted by atomic mass is 32.2. The van der Waals surface area contributed by atoms with Gasteiger partial charge in [0.15, 0.2) is 11.6 Å². The zero-order valence-corrected chi connectivity index (χ0v) is 33.3. The lowest BCUT2D eigenvalue weighted by molar-refractivity contribution is 0.126. The first kappa shape index (κ1) is 34.6. The van der Waals surface area contributed by atoms with Crippen molar-refractivity contribution in [2.45, 2.75) is 119 Å². The maximum absolute atomic E-state index is 16.1. The van der Waals surface area contributed by atoms with Crippen LogP contribution >= 0.6 is 0 Å². The van der Waals surface area contributed by atoms with Gasteiger partial charge in [0, 0.05) is 0 Å². The molecule has 2 aromatic rings. The molecule has 14 rings (SSSR count). The molecule has 12 aliphatic rings. The van der Waals surface area contributed by atoms with E-state index in [1.54, 1.807) is 0 Å². The van der Waals surface area contributed by atoms with Crippen molar-refractivity contribution in [2.75, 3.05) is 0 Å². The van der Waals surface area contributed by atoms with E-state index in [1.807, 2.05) is 0 Å². The van der Waals surface area contributed by atoms with Crippen LogP contribution in [-0.4, -0.2) is 13.0 Å². The van der Waals surface area contributed by atoms with E-state index in [1.165, 1.54) is 76.2 Å². The van der Waals surface area contributed by atoms with Crippen LogP contribution in [0.2, 0.25) is 0 Å². The van der Waals surface area contributed by atoms with Crippen molar-refractivity contribution < 1.29 is 35.3 Å². The second-order valence-corrected chi connectivity index (χ2v) is 23.8. The molecule has 0 spiro atoms. The third-order valence-corrected chi connectivity index (χ3v) is 22.1. The summed E-state index contributed by atoms with van der Waals surface area (Å²) in [7, 11) is -5.84. The molecular formula is C48H53F4O4S-. The number of benzene rings is 2. The maximum atomic E-state index is 16.1. The van der Waals surface area contributed by atoms with E-state index >= 15 is 17.6 Å². The SMILES string of the molecule is O=S(=O)([O-])c1c(F)c(F)c(Oc2c(C3CC4CC3C3C5CCC(C5)C43)cc(C3CC4CC3C3C5CCC(C5)C43)cc2C2CC3CC2C2C4CCC(C4)C32)c(F)c1F. The number of fused-ring (bicyclic) bond motifs is 27. The van der Waals surface area contributed by atoms with Gasteiger partial charge in [0.25, 0.3) is 0 Å². The van der Waals surface area contributed by atoms with E-state index in [0.717, 1.165) is 102 Å². The molecule has 12 aliphatic carbocycles. The summed E-state index contributed by atoms with van der Waals surface area (Å²) in [5.74, 6) is 4.34. The molecular weight excluding hydrogens is 749 g/mol. The molecule has 12 fully saturated rings. The van der Waals surface area contributed by atoms with Crippen molar-refractivity contribution in [1.82, 2.24) is 0 Å². The van der Waals surface area contributed by atoms with E-state index in [2.05, 4.69) is 12.1 Å². The van der Waals surface area contributed by atoms with Gasteiger partial charge >= 0.3 is 0 Å². The average molecular weight is 802 g/mol. The molecule has 0 amide bonds. The second kappa shape index (κ2) is 11.4. The Morgan fingerprint density at radius 1 is 0.456 bits per heavy atom. The van der Waals surface area contributed by atoms with Crippen LogP contribution in [0.1, 0.15) is 131 Å². The summed E-state index contributed by atoms with van der Waals surface area (Å²) in [6, 6.07) is 4.71. The van der Waals surface area contributed by atoms with Gasteiger partial charge in [0.05, 0.1) is 0 Å². The van der Waals surface area contributed by atoms with Crippen molar-refractivity contribution >= 4 is 10.1 Å². The zero-order chi connectivity index (χ0) is 38.1. The van der Waals surface area contributed by atoms with Crippen LogP contribution in [0.15, 0.2) is 17.0 Å². The van der Waals surface area contributed by atoms with Gasteiger partial charge in [-0.05, 0) is 237 Å². The van der Waals surface area contributed by atoms with E-state index in [-0.39, 0.29) is 11.8 Å². The van der Waals surface area contributed by atoms with Crippen LogP contribution in [0.5, 0.6) is 11.5 Å². The minimum Gasteiger partial charge on any atom is -0.744 e. The summed E-state index contributed by atoms with van der Waals surface area (Å²) in [6.07, 6.45) is 18.9. The Morgan fingerprint density at radius 3 is 1.23 bits per heavy atom. The molecule has 9 heteroatoms. The normalized spacial score (nSPS) is 50.9. The summed E-state index contributed by atoms with van der Waals surface area (Å²) >= 11 is 0. The largest absolute Gasteiger partial charge is 0.744 e. The summed E-state index contributed by atoms with van der Waals surface area (Å²) in [4.78, 5) is -2.12. The first-order valence-electron chi connectivity index (χ1n) is 23.2. The lowest BCUT2D eigenvalue weighted by Gasteiger charge is -2.42. The highest BCUT2D eigenvalue weighted by molar-refractivity contribution is 7.85. The Balaban J connectivity index is 0.950. The fraction of sp³-hybridized carbons (Fsp3) is 0.750. The summed E-state index contributed by atoms with van der Waals surface area (Å²) in [5, 5.41) is 0. The van der Waals surface area contributed by atoms with E-state index in [9.17, 15) is 13.0 Å². The van der Waals surface area contributed by atoms with Crippen molar-refractivity contribution in [1.29, 1.82) is 0 Å². The van der Waals surface area contributed by atoms with Gasteiger partial charge in [-0.25, -0.2) is 17.2 Å². The van der Waals surface area contributed by atoms with Crippen LogP contribution in [0.3, 0.4) is 0 Å². The first-order valence-corrected chi connectivity index (χ1v) is 24.6. The van der Waals surface area contributed by atoms with Crippen molar-refractivity contribution in [3.05, 3.63) is 52.1 Å². The molecule has 4 nitrogen and oxygen atoms in total. The van der Waals surface area contributed by atoms with Crippen LogP contribution in [0.4, 0.5) is 17.6 Å². The summed E-state index contributed by atoms with van der Waals surface area (Å²) in [5.41, 5.74) is 3.33. The minimum absolute atomic E-state index is 0.133. The van der Waals surface area contributed by atoms with Gasteiger partial charge in [-0.15, -0.1) is 0 Å². The van der Waals surface area contributed by atoms with Gasteiger partial charge in [0.2, 0.25) is 17.4 Å². The number of halogens is 4. The zero-order valence-electron chi connectivity index (χ0n) is 32.4.